The number of nitrogens with one attached hydrogen (secondary N) is 4. The Hall–Kier alpha value is -3.97. The first-order valence-corrected chi connectivity index (χ1v) is 12.1. The smallest absolute Gasteiger partial charge is 0.322 e. The number of unbranched alkanes of at least 4 members (excludes halogenated alkanes) is 2. The zero-order valence-corrected chi connectivity index (χ0v) is 21.1. The summed E-state index contributed by atoms with van der Waals surface area (Å²) in [5.74, 6) is -3.98. The summed E-state index contributed by atoms with van der Waals surface area (Å²) in [5.41, 5.74) is 5.01. The van der Waals surface area contributed by atoms with Gasteiger partial charge in [0.1, 0.15) is 18.6 Å². The molecular formula is C23H36N6O8. The summed E-state index contributed by atoms with van der Waals surface area (Å²) < 4.78 is 0. The summed E-state index contributed by atoms with van der Waals surface area (Å²) in [5, 5.41) is 18.6. The standard InChI is InChI=1S/C23H36N6O8/c1-14(2)20(28-16(30)8-4-3-5-12-29-17(31)9-10-18(29)32)22(36)27-15(7-6-11-25-23(24)37)21(35)26-13-19(33)34/h9-10,14-15,20H,3-8,11-13H2,1-2H3,(H,26,35)(H,27,36)(H,28,30)(H,33,34)(H3,24,25,37)/t15-,20-/m0/s1. The summed E-state index contributed by atoms with van der Waals surface area (Å²) in [6, 6.07) is -2.78. The number of carboxylic acid groups (broad SMARTS) is 1. The average Bonchev–Trinajstić information content (AvgIpc) is 3.14. The highest BCUT2D eigenvalue weighted by atomic mass is 16.4. The Balaban J connectivity index is 2.58. The molecule has 7 amide bonds. The van der Waals surface area contributed by atoms with Crippen LogP contribution in [0.1, 0.15) is 52.4 Å². The average molecular weight is 525 g/mol. The van der Waals surface area contributed by atoms with E-state index in [1.807, 2.05) is 0 Å². The fourth-order valence-electron chi connectivity index (χ4n) is 3.50. The summed E-state index contributed by atoms with van der Waals surface area (Å²) >= 11 is 0. The number of carbonyl (C=O) groups is 7. The van der Waals surface area contributed by atoms with Crippen LogP contribution < -0.4 is 27.0 Å². The van der Waals surface area contributed by atoms with Gasteiger partial charge in [0.15, 0.2) is 0 Å². The molecule has 7 N–H and O–H groups in total. The van der Waals surface area contributed by atoms with Crippen molar-refractivity contribution in [1.29, 1.82) is 0 Å². The molecule has 1 aliphatic rings. The second kappa shape index (κ2) is 15.9. The van der Waals surface area contributed by atoms with Crippen molar-refractivity contribution < 1.29 is 38.7 Å². The Kier molecular flexibility index (Phi) is 13.4. The topological polar surface area (TPSA) is 217 Å². The molecular weight excluding hydrogens is 488 g/mol. The molecule has 0 aromatic carbocycles. The van der Waals surface area contributed by atoms with Crippen LogP contribution in [-0.2, 0) is 28.8 Å². The summed E-state index contributed by atoms with van der Waals surface area (Å²) in [6.45, 7) is 3.22. The Morgan fingerprint density at radius 3 is 2.14 bits per heavy atom. The molecule has 0 aromatic rings. The van der Waals surface area contributed by atoms with Crippen molar-refractivity contribution in [2.24, 2.45) is 11.7 Å². The van der Waals surface area contributed by atoms with Gasteiger partial charge in [-0.05, 0) is 31.6 Å². The molecule has 37 heavy (non-hydrogen) atoms. The molecule has 1 heterocycles. The minimum atomic E-state index is -1.25. The maximum absolute atomic E-state index is 12.9. The van der Waals surface area contributed by atoms with E-state index < -0.39 is 42.4 Å². The van der Waals surface area contributed by atoms with Gasteiger partial charge in [-0.25, -0.2) is 4.79 Å². The number of urea groups is 1. The normalized spacial score (nSPS) is 14.3. The van der Waals surface area contributed by atoms with Crippen LogP contribution in [0.3, 0.4) is 0 Å². The van der Waals surface area contributed by atoms with Gasteiger partial charge in [0.2, 0.25) is 17.7 Å². The molecule has 2 atom stereocenters. The van der Waals surface area contributed by atoms with Crippen LogP contribution in [0.4, 0.5) is 4.79 Å². The first kappa shape index (κ1) is 31.1. The summed E-state index contributed by atoms with van der Waals surface area (Å²) in [4.78, 5) is 83.6. The maximum Gasteiger partial charge on any atom is 0.322 e. The van der Waals surface area contributed by atoms with Gasteiger partial charge >= 0.3 is 12.0 Å². The molecule has 0 aromatic heterocycles. The molecule has 1 aliphatic heterocycles. The molecule has 0 saturated heterocycles. The summed E-state index contributed by atoms with van der Waals surface area (Å²) in [6.07, 6.45) is 4.53. The van der Waals surface area contributed by atoms with Crippen LogP contribution in [0.15, 0.2) is 12.2 Å². The van der Waals surface area contributed by atoms with E-state index in [1.165, 1.54) is 12.2 Å². The molecule has 0 saturated carbocycles. The lowest BCUT2D eigenvalue weighted by Gasteiger charge is -2.25. The highest BCUT2D eigenvalue weighted by Crippen LogP contribution is 2.09. The lowest BCUT2D eigenvalue weighted by atomic mass is 10.0. The van der Waals surface area contributed by atoms with Crippen molar-refractivity contribution in [3.05, 3.63) is 12.2 Å². The number of nitrogens with two attached hydrogens (primary N) is 1. The second-order valence-corrected chi connectivity index (χ2v) is 8.87. The third kappa shape index (κ3) is 12.0. The minimum Gasteiger partial charge on any atom is -0.480 e. The van der Waals surface area contributed by atoms with E-state index in [2.05, 4.69) is 21.3 Å². The van der Waals surface area contributed by atoms with Crippen molar-refractivity contribution in [2.45, 2.75) is 64.5 Å². The van der Waals surface area contributed by atoms with Gasteiger partial charge in [0.25, 0.3) is 11.8 Å². The minimum absolute atomic E-state index is 0.0910. The van der Waals surface area contributed by atoms with Gasteiger partial charge < -0.3 is 32.1 Å². The monoisotopic (exact) mass is 524 g/mol. The van der Waals surface area contributed by atoms with Gasteiger partial charge in [-0.1, -0.05) is 20.3 Å². The van der Waals surface area contributed by atoms with Crippen molar-refractivity contribution in [1.82, 2.24) is 26.2 Å². The molecule has 0 bridgehead atoms. The van der Waals surface area contributed by atoms with Crippen molar-refractivity contribution >= 4 is 41.5 Å². The number of hydrogen-bond acceptors (Lipinski definition) is 7. The molecule has 1 rings (SSSR count). The third-order valence-corrected chi connectivity index (χ3v) is 5.47. The van der Waals surface area contributed by atoms with E-state index in [0.29, 0.717) is 19.3 Å². The number of carboxylic acids is 1. The molecule has 0 unspecified atom stereocenters. The van der Waals surface area contributed by atoms with Crippen LogP contribution in [-0.4, -0.2) is 83.3 Å². The molecule has 0 aliphatic carbocycles. The van der Waals surface area contributed by atoms with Crippen LogP contribution in [0, 0.1) is 5.92 Å². The quantitative estimate of drug-likeness (QED) is 0.0995. The maximum atomic E-state index is 12.9. The van der Waals surface area contributed by atoms with Gasteiger partial charge in [0.05, 0.1) is 0 Å². The fourth-order valence-corrected chi connectivity index (χ4v) is 3.50. The van der Waals surface area contributed by atoms with E-state index in [-0.39, 0.29) is 56.0 Å². The van der Waals surface area contributed by atoms with Gasteiger partial charge in [0, 0.05) is 31.7 Å². The lowest BCUT2D eigenvalue weighted by molar-refractivity contribution is -0.139. The van der Waals surface area contributed by atoms with Crippen LogP contribution in [0.5, 0.6) is 0 Å². The number of imide groups is 1. The first-order valence-electron chi connectivity index (χ1n) is 12.1. The fraction of sp³-hybridized carbons (Fsp3) is 0.609. The zero-order chi connectivity index (χ0) is 28.0. The molecule has 0 fully saturated rings. The molecule has 206 valence electrons. The number of nitrogens with zero attached hydrogens (tertiary/aromatic N) is 1. The van der Waals surface area contributed by atoms with Gasteiger partial charge in [-0.15, -0.1) is 0 Å². The van der Waals surface area contributed by atoms with Crippen LogP contribution in [0.2, 0.25) is 0 Å². The molecule has 14 heteroatoms. The van der Waals surface area contributed by atoms with Gasteiger partial charge in [-0.2, -0.15) is 0 Å². The lowest BCUT2D eigenvalue weighted by Crippen LogP contribution is -2.55. The second-order valence-electron chi connectivity index (χ2n) is 8.87. The summed E-state index contributed by atoms with van der Waals surface area (Å²) in [7, 11) is 0. The van der Waals surface area contributed by atoms with E-state index in [0.717, 1.165) is 4.90 Å². The van der Waals surface area contributed by atoms with E-state index >= 15 is 0 Å². The van der Waals surface area contributed by atoms with Crippen molar-refractivity contribution in [2.75, 3.05) is 19.6 Å². The van der Waals surface area contributed by atoms with E-state index in [4.69, 9.17) is 10.8 Å². The number of primary amides is 1. The van der Waals surface area contributed by atoms with E-state index in [9.17, 15) is 33.6 Å². The van der Waals surface area contributed by atoms with Gasteiger partial charge in [-0.3, -0.25) is 33.7 Å². The van der Waals surface area contributed by atoms with Crippen molar-refractivity contribution in [3.63, 3.8) is 0 Å². The highest BCUT2D eigenvalue weighted by Gasteiger charge is 2.29. The third-order valence-electron chi connectivity index (χ3n) is 5.47. The highest BCUT2D eigenvalue weighted by molar-refractivity contribution is 6.12. The Labute approximate surface area is 214 Å². The number of rotatable bonds is 17. The Bertz CT molecular complexity index is 886. The van der Waals surface area contributed by atoms with E-state index in [1.54, 1.807) is 13.8 Å². The molecule has 0 spiro atoms. The largest absolute Gasteiger partial charge is 0.480 e. The predicted molar refractivity (Wildman–Crippen MR) is 130 cm³/mol. The molecule has 0 radical (unpaired) electrons. The SMILES string of the molecule is CC(C)[C@H](NC(=O)CCCCCN1C(=O)C=CC1=O)C(=O)N[C@@H](CCCNC(N)=O)C(=O)NCC(=O)O. The number of amides is 7. The molecule has 14 nitrogen and oxygen atoms in total. The number of aliphatic carboxylic acids is 1. The number of hydrogen-bond donors (Lipinski definition) is 6. The van der Waals surface area contributed by atoms with Crippen LogP contribution in [0.25, 0.3) is 0 Å². The first-order chi connectivity index (χ1) is 17.4. The van der Waals surface area contributed by atoms with Crippen molar-refractivity contribution in [3.8, 4) is 0 Å². The Morgan fingerprint density at radius 1 is 0.919 bits per heavy atom. The predicted octanol–water partition coefficient (Wildman–Crippen LogP) is -1.25. The zero-order valence-electron chi connectivity index (χ0n) is 21.1. The van der Waals surface area contributed by atoms with Crippen LogP contribution >= 0.6 is 0 Å². The number of carbonyl (C=O) groups excluding carboxylic acids is 6. The Morgan fingerprint density at radius 2 is 1.57 bits per heavy atom.